The van der Waals surface area contributed by atoms with Gasteiger partial charge in [0.05, 0.1) is 16.6 Å². The van der Waals surface area contributed by atoms with Crippen LogP contribution >= 0.6 is 11.6 Å². The van der Waals surface area contributed by atoms with E-state index >= 15 is 0 Å². The van der Waals surface area contributed by atoms with Gasteiger partial charge in [0.1, 0.15) is 0 Å². The summed E-state index contributed by atoms with van der Waals surface area (Å²) in [5, 5.41) is 0.556. The summed E-state index contributed by atoms with van der Waals surface area (Å²) in [7, 11) is 0. The highest BCUT2D eigenvalue weighted by molar-refractivity contribution is 6.33. The van der Waals surface area contributed by atoms with Crippen molar-refractivity contribution in [3.05, 3.63) is 29.3 Å². The monoisotopic (exact) mass is 334 g/mol. The van der Waals surface area contributed by atoms with E-state index in [9.17, 15) is 9.59 Å². The summed E-state index contributed by atoms with van der Waals surface area (Å²) >= 11 is 6.20. The Morgan fingerprint density at radius 1 is 1.04 bits per heavy atom. The Morgan fingerprint density at radius 3 is 2.39 bits per heavy atom. The molecule has 0 saturated carbocycles. The molecule has 0 aromatic heterocycles. The predicted octanol–water partition coefficient (Wildman–Crippen LogP) is 3.49. The average Bonchev–Trinajstić information content (AvgIpc) is 2.89. The van der Waals surface area contributed by atoms with Crippen LogP contribution in [-0.2, 0) is 9.59 Å². The van der Waals surface area contributed by atoms with Gasteiger partial charge >= 0.3 is 0 Å². The van der Waals surface area contributed by atoms with Crippen LogP contribution in [0.2, 0.25) is 5.02 Å². The maximum atomic E-state index is 12.8. The van der Waals surface area contributed by atoms with Gasteiger partial charge in [0.2, 0.25) is 11.8 Å². The summed E-state index contributed by atoms with van der Waals surface area (Å²) in [5.74, 6) is -0.114. The maximum absolute atomic E-state index is 12.8. The van der Waals surface area contributed by atoms with Gasteiger partial charge < -0.3 is 9.80 Å². The van der Waals surface area contributed by atoms with Gasteiger partial charge in [-0.25, -0.2) is 0 Å². The highest BCUT2D eigenvalue weighted by Crippen LogP contribution is 2.31. The molecular weight excluding hydrogens is 312 g/mol. The number of carbonyl (C=O) groups excluding carboxylic acids is 2. The second kappa shape index (κ2) is 7.35. The first-order valence-corrected chi connectivity index (χ1v) is 8.88. The van der Waals surface area contributed by atoms with Crippen molar-refractivity contribution in [3.63, 3.8) is 0 Å². The van der Waals surface area contributed by atoms with Crippen molar-refractivity contribution in [1.29, 1.82) is 0 Å². The minimum Gasteiger partial charge on any atom is -0.342 e. The predicted molar refractivity (Wildman–Crippen MR) is 91.6 cm³/mol. The highest BCUT2D eigenvalue weighted by Gasteiger charge is 2.37. The lowest BCUT2D eigenvalue weighted by atomic mass is 10.0. The van der Waals surface area contributed by atoms with Crippen LogP contribution in [-0.4, -0.2) is 36.3 Å². The first-order chi connectivity index (χ1) is 11.2. The van der Waals surface area contributed by atoms with Crippen molar-refractivity contribution in [2.24, 2.45) is 5.92 Å². The topological polar surface area (TPSA) is 40.6 Å². The number of benzene rings is 1. The number of likely N-dealkylation sites (tertiary alicyclic amines) is 1. The molecule has 2 amide bonds. The zero-order valence-corrected chi connectivity index (χ0v) is 14.1. The number of anilines is 1. The summed E-state index contributed by atoms with van der Waals surface area (Å²) in [6, 6.07) is 7.32. The molecule has 2 aliphatic rings. The molecular formula is C18H23ClN2O2. The number of para-hydroxylation sites is 1. The SMILES string of the molecule is O=C(C1CC(=O)N(c2ccccc2Cl)C1)N1CCCCCCC1. The molecule has 0 spiro atoms. The van der Waals surface area contributed by atoms with Crippen LogP contribution in [0.15, 0.2) is 24.3 Å². The molecule has 2 saturated heterocycles. The molecule has 2 fully saturated rings. The number of amides is 2. The molecule has 1 aromatic rings. The van der Waals surface area contributed by atoms with E-state index in [1.165, 1.54) is 19.3 Å². The van der Waals surface area contributed by atoms with Crippen LogP contribution in [0.1, 0.15) is 38.5 Å². The first kappa shape index (κ1) is 16.3. The second-order valence-electron chi connectivity index (χ2n) is 6.45. The van der Waals surface area contributed by atoms with Crippen LogP contribution < -0.4 is 4.90 Å². The van der Waals surface area contributed by atoms with Gasteiger partial charge in [-0.15, -0.1) is 0 Å². The summed E-state index contributed by atoms with van der Waals surface area (Å²) in [5.41, 5.74) is 0.710. The fourth-order valence-electron chi connectivity index (χ4n) is 3.50. The Kier molecular flexibility index (Phi) is 5.21. The number of rotatable bonds is 2. The number of hydrogen-bond acceptors (Lipinski definition) is 2. The van der Waals surface area contributed by atoms with Crippen molar-refractivity contribution < 1.29 is 9.59 Å². The molecule has 5 heteroatoms. The molecule has 124 valence electrons. The molecule has 0 aliphatic carbocycles. The van der Waals surface area contributed by atoms with Crippen LogP contribution in [0, 0.1) is 5.92 Å². The van der Waals surface area contributed by atoms with E-state index in [0.717, 1.165) is 25.9 Å². The molecule has 23 heavy (non-hydrogen) atoms. The van der Waals surface area contributed by atoms with E-state index in [1.54, 1.807) is 11.0 Å². The van der Waals surface area contributed by atoms with Gasteiger partial charge in [-0.05, 0) is 25.0 Å². The van der Waals surface area contributed by atoms with Gasteiger partial charge in [-0.2, -0.15) is 0 Å². The van der Waals surface area contributed by atoms with Crippen LogP contribution in [0.3, 0.4) is 0 Å². The van der Waals surface area contributed by atoms with E-state index in [4.69, 9.17) is 11.6 Å². The van der Waals surface area contributed by atoms with Crippen molar-refractivity contribution in [3.8, 4) is 0 Å². The lowest BCUT2D eigenvalue weighted by molar-refractivity contribution is -0.136. The average molecular weight is 335 g/mol. The maximum Gasteiger partial charge on any atom is 0.228 e. The van der Waals surface area contributed by atoms with Crippen molar-refractivity contribution >= 4 is 29.1 Å². The zero-order chi connectivity index (χ0) is 16.2. The lowest BCUT2D eigenvalue weighted by Gasteiger charge is -2.27. The van der Waals surface area contributed by atoms with E-state index in [1.807, 2.05) is 23.1 Å². The third kappa shape index (κ3) is 3.69. The largest absolute Gasteiger partial charge is 0.342 e. The van der Waals surface area contributed by atoms with E-state index in [-0.39, 0.29) is 17.7 Å². The van der Waals surface area contributed by atoms with Crippen LogP contribution in [0.25, 0.3) is 0 Å². The number of carbonyl (C=O) groups is 2. The fourth-order valence-corrected chi connectivity index (χ4v) is 3.74. The Labute approximate surface area is 142 Å². The summed E-state index contributed by atoms with van der Waals surface area (Å²) < 4.78 is 0. The van der Waals surface area contributed by atoms with Gasteiger partial charge in [-0.3, -0.25) is 9.59 Å². The van der Waals surface area contributed by atoms with E-state index in [2.05, 4.69) is 0 Å². The van der Waals surface area contributed by atoms with Crippen LogP contribution in [0.5, 0.6) is 0 Å². The van der Waals surface area contributed by atoms with E-state index in [0.29, 0.717) is 23.7 Å². The van der Waals surface area contributed by atoms with Crippen molar-refractivity contribution in [2.45, 2.75) is 38.5 Å². The lowest BCUT2D eigenvalue weighted by Crippen LogP contribution is -2.39. The quantitative estimate of drug-likeness (QED) is 0.830. The standard InChI is InChI=1S/C18H23ClN2O2/c19-15-8-4-5-9-16(15)21-13-14(12-17(21)22)18(23)20-10-6-2-1-3-7-11-20/h4-5,8-9,14H,1-3,6-7,10-13H2. The number of halogens is 1. The van der Waals surface area contributed by atoms with Crippen LogP contribution in [0.4, 0.5) is 5.69 Å². The Bertz CT molecular complexity index is 582. The molecule has 4 nitrogen and oxygen atoms in total. The minimum atomic E-state index is -0.238. The summed E-state index contributed by atoms with van der Waals surface area (Å²) in [4.78, 5) is 28.8. The Balaban J connectivity index is 1.69. The van der Waals surface area contributed by atoms with Gasteiger partial charge in [0.25, 0.3) is 0 Å². The molecule has 0 radical (unpaired) electrons. The number of hydrogen-bond donors (Lipinski definition) is 0. The summed E-state index contributed by atoms with van der Waals surface area (Å²) in [6.07, 6.45) is 6.09. The van der Waals surface area contributed by atoms with Gasteiger partial charge in [0.15, 0.2) is 0 Å². The molecule has 3 rings (SSSR count). The normalized spacial score (nSPS) is 22.8. The molecule has 1 aromatic carbocycles. The first-order valence-electron chi connectivity index (χ1n) is 8.50. The molecule has 1 unspecified atom stereocenters. The third-order valence-corrected chi connectivity index (χ3v) is 5.10. The third-order valence-electron chi connectivity index (χ3n) is 4.79. The molecule has 0 bridgehead atoms. The zero-order valence-electron chi connectivity index (χ0n) is 13.3. The Hall–Kier alpha value is -1.55. The van der Waals surface area contributed by atoms with Gasteiger partial charge in [-0.1, -0.05) is 43.0 Å². The van der Waals surface area contributed by atoms with Crippen molar-refractivity contribution in [1.82, 2.24) is 4.90 Å². The second-order valence-corrected chi connectivity index (χ2v) is 6.86. The smallest absolute Gasteiger partial charge is 0.228 e. The van der Waals surface area contributed by atoms with Gasteiger partial charge in [0, 0.05) is 26.1 Å². The molecule has 1 atom stereocenters. The van der Waals surface area contributed by atoms with E-state index < -0.39 is 0 Å². The molecule has 0 N–H and O–H groups in total. The number of nitrogens with zero attached hydrogens (tertiary/aromatic N) is 2. The Morgan fingerprint density at radius 2 is 1.70 bits per heavy atom. The fraction of sp³-hybridized carbons (Fsp3) is 0.556. The minimum absolute atomic E-state index is 0.0107. The van der Waals surface area contributed by atoms with Crippen molar-refractivity contribution in [2.75, 3.05) is 24.5 Å². The molecule has 2 heterocycles. The highest BCUT2D eigenvalue weighted by atomic mass is 35.5. The summed E-state index contributed by atoms with van der Waals surface area (Å²) in [6.45, 7) is 2.10. The molecule has 2 aliphatic heterocycles.